The molecular formula is C13H9ClN2O. The maximum atomic E-state index is 6.03. The van der Waals surface area contributed by atoms with Crippen LogP contribution in [0.2, 0.25) is 5.02 Å². The second kappa shape index (κ2) is 3.79. The van der Waals surface area contributed by atoms with E-state index in [1.54, 1.807) is 12.3 Å². The molecule has 3 rings (SSSR count). The van der Waals surface area contributed by atoms with E-state index in [2.05, 4.69) is 4.98 Å². The third kappa shape index (κ3) is 1.74. The Bertz CT molecular complexity index is 691. The van der Waals surface area contributed by atoms with Crippen molar-refractivity contribution in [3.63, 3.8) is 0 Å². The summed E-state index contributed by atoms with van der Waals surface area (Å²) in [7, 11) is 0. The van der Waals surface area contributed by atoms with Gasteiger partial charge < -0.3 is 10.2 Å². The molecular weight excluding hydrogens is 236 g/mol. The molecule has 0 spiro atoms. The van der Waals surface area contributed by atoms with Crippen molar-refractivity contribution in [2.75, 3.05) is 5.73 Å². The fraction of sp³-hybridized carbons (Fsp3) is 0. The van der Waals surface area contributed by atoms with Crippen molar-refractivity contribution in [1.82, 2.24) is 4.98 Å². The lowest BCUT2D eigenvalue weighted by Gasteiger charge is -1.97. The van der Waals surface area contributed by atoms with Crippen molar-refractivity contribution >= 4 is 28.4 Å². The number of rotatable bonds is 1. The molecule has 17 heavy (non-hydrogen) atoms. The Morgan fingerprint density at radius 1 is 1.18 bits per heavy atom. The quantitative estimate of drug-likeness (QED) is 0.664. The molecule has 0 bridgehead atoms. The number of fused-ring (bicyclic) bond motifs is 1. The lowest BCUT2D eigenvalue weighted by atomic mass is 10.1. The maximum absolute atomic E-state index is 6.03. The van der Waals surface area contributed by atoms with Crippen LogP contribution in [0.15, 0.2) is 47.0 Å². The van der Waals surface area contributed by atoms with Crippen LogP contribution in [0.3, 0.4) is 0 Å². The van der Waals surface area contributed by atoms with E-state index in [0.29, 0.717) is 22.1 Å². The number of benzene rings is 1. The van der Waals surface area contributed by atoms with Crippen LogP contribution >= 0.6 is 11.6 Å². The van der Waals surface area contributed by atoms with Crippen molar-refractivity contribution in [3.8, 4) is 11.3 Å². The van der Waals surface area contributed by atoms with E-state index in [9.17, 15) is 0 Å². The zero-order chi connectivity index (χ0) is 11.8. The fourth-order valence-corrected chi connectivity index (χ4v) is 1.93. The Morgan fingerprint density at radius 2 is 2.06 bits per heavy atom. The molecule has 0 aliphatic heterocycles. The van der Waals surface area contributed by atoms with Crippen molar-refractivity contribution in [2.45, 2.75) is 0 Å². The van der Waals surface area contributed by atoms with Crippen LogP contribution in [-0.4, -0.2) is 4.98 Å². The summed E-state index contributed by atoms with van der Waals surface area (Å²) in [6.45, 7) is 0. The predicted octanol–water partition coefficient (Wildman–Crippen LogP) is 3.73. The lowest BCUT2D eigenvalue weighted by molar-refractivity contribution is 0.631. The van der Waals surface area contributed by atoms with E-state index in [0.717, 1.165) is 11.1 Å². The van der Waals surface area contributed by atoms with E-state index in [1.807, 2.05) is 30.3 Å². The van der Waals surface area contributed by atoms with E-state index < -0.39 is 0 Å². The van der Waals surface area contributed by atoms with Gasteiger partial charge in [0.2, 0.25) is 0 Å². The second-order valence-electron chi connectivity index (χ2n) is 3.74. The Morgan fingerprint density at radius 3 is 2.82 bits per heavy atom. The first-order chi connectivity index (χ1) is 8.24. The molecule has 2 N–H and O–H groups in total. The number of nitrogens with zero attached hydrogens (tertiary/aromatic N) is 1. The van der Waals surface area contributed by atoms with Crippen LogP contribution < -0.4 is 5.73 Å². The number of aromatic nitrogens is 1. The predicted molar refractivity (Wildman–Crippen MR) is 68.9 cm³/mol. The highest BCUT2D eigenvalue weighted by atomic mass is 35.5. The van der Waals surface area contributed by atoms with Gasteiger partial charge in [0.05, 0.1) is 5.02 Å². The molecule has 0 radical (unpaired) electrons. The van der Waals surface area contributed by atoms with Gasteiger partial charge in [-0.3, -0.25) is 4.98 Å². The molecule has 84 valence electrons. The highest BCUT2D eigenvalue weighted by Crippen LogP contribution is 2.31. The van der Waals surface area contributed by atoms with Gasteiger partial charge in [0.15, 0.2) is 5.58 Å². The molecule has 3 nitrogen and oxygen atoms in total. The van der Waals surface area contributed by atoms with Crippen LogP contribution in [0.5, 0.6) is 0 Å². The Labute approximate surface area is 103 Å². The molecule has 2 aromatic heterocycles. The van der Waals surface area contributed by atoms with Gasteiger partial charge in [0.25, 0.3) is 0 Å². The van der Waals surface area contributed by atoms with Crippen molar-refractivity contribution in [3.05, 3.63) is 47.6 Å². The molecule has 0 unspecified atom stereocenters. The lowest BCUT2D eigenvalue weighted by Crippen LogP contribution is -1.83. The van der Waals surface area contributed by atoms with E-state index in [-0.39, 0.29) is 0 Å². The van der Waals surface area contributed by atoms with Gasteiger partial charge in [-0.05, 0) is 18.2 Å². The first-order valence-corrected chi connectivity index (χ1v) is 5.52. The summed E-state index contributed by atoms with van der Waals surface area (Å²) in [6, 6.07) is 11.1. The van der Waals surface area contributed by atoms with E-state index in [4.69, 9.17) is 21.8 Å². The van der Waals surface area contributed by atoms with Crippen LogP contribution in [0, 0.1) is 0 Å². The zero-order valence-corrected chi connectivity index (χ0v) is 9.61. The second-order valence-corrected chi connectivity index (χ2v) is 4.15. The topological polar surface area (TPSA) is 52.0 Å². The van der Waals surface area contributed by atoms with Gasteiger partial charge in [-0.25, -0.2) is 0 Å². The van der Waals surface area contributed by atoms with Gasteiger partial charge in [0.1, 0.15) is 11.3 Å². The molecule has 0 aliphatic rings. The van der Waals surface area contributed by atoms with E-state index in [1.165, 1.54) is 0 Å². The molecule has 1 aromatic carbocycles. The minimum atomic E-state index is 0.560. The first-order valence-electron chi connectivity index (χ1n) is 5.14. The highest BCUT2D eigenvalue weighted by Gasteiger charge is 2.09. The number of nitrogens with two attached hydrogens (primary N) is 1. The van der Waals surface area contributed by atoms with Gasteiger partial charge in [-0.15, -0.1) is 0 Å². The van der Waals surface area contributed by atoms with Crippen molar-refractivity contribution in [1.29, 1.82) is 0 Å². The molecule has 0 aliphatic carbocycles. The van der Waals surface area contributed by atoms with Crippen molar-refractivity contribution in [2.24, 2.45) is 0 Å². The normalized spacial score (nSPS) is 10.9. The van der Waals surface area contributed by atoms with Crippen LogP contribution in [0.25, 0.3) is 22.4 Å². The van der Waals surface area contributed by atoms with Crippen molar-refractivity contribution < 1.29 is 4.42 Å². The fourth-order valence-electron chi connectivity index (χ4n) is 1.74. The molecule has 0 fully saturated rings. The molecule has 0 saturated heterocycles. The van der Waals surface area contributed by atoms with Crippen LogP contribution in [0.4, 0.5) is 5.69 Å². The minimum Gasteiger partial charge on any atom is -0.453 e. The van der Waals surface area contributed by atoms with Gasteiger partial charge in [-0.2, -0.15) is 0 Å². The smallest absolute Gasteiger partial charge is 0.171 e. The largest absolute Gasteiger partial charge is 0.453 e. The molecule has 0 atom stereocenters. The third-order valence-electron chi connectivity index (χ3n) is 2.54. The minimum absolute atomic E-state index is 0.560. The molecule has 0 amide bonds. The summed E-state index contributed by atoms with van der Waals surface area (Å²) in [5, 5.41) is 0.560. The monoisotopic (exact) mass is 244 g/mol. The number of anilines is 1. The molecule has 2 heterocycles. The van der Waals surface area contributed by atoms with E-state index >= 15 is 0 Å². The highest BCUT2D eigenvalue weighted by molar-refractivity contribution is 6.34. The average Bonchev–Trinajstić information content (AvgIpc) is 2.74. The molecule has 4 heteroatoms. The summed E-state index contributed by atoms with van der Waals surface area (Å²) in [5.74, 6) is 0.716. The Kier molecular flexibility index (Phi) is 2.27. The Hall–Kier alpha value is -2.00. The summed E-state index contributed by atoms with van der Waals surface area (Å²) in [6.07, 6.45) is 1.66. The van der Waals surface area contributed by atoms with Crippen LogP contribution in [0.1, 0.15) is 0 Å². The number of furan rings is 1. The number of nitrogen functional groups attached to an aromatic ring is 1. The maximum Gasteiger partial charge on any atom is 0.171 e. The SMILES string of the molecule is Nc1cccc(-c2cc3nccc(Cl)c3o2)c1. The number of hydrogen-bond donors (Lipinski definition) is 1. The van der Waals surface area contributed by atoms with Gasteiger partial charge in [0, 0.05) is 23.5 Å². The summed E-state index contributed by atoms with van der Waals surface area (Å²) in [4.78, 5) is 4.20. The zero-order valence-electron chi connectivity index (χ0n) is 8.85. The Balaban J connectivity index is 2.22. The summed E-state index contributed by atoms with van der Waals surface area (Å²) >= 11 is 6.03. The summed E-state index contributed by atoms with van der Waals surface area (Å²) in [5.41, 5.74) is 8.70. The van der Waals surface area contributed by atoms with Crippen LogP contribution in [-0.2, 0) is 0 Å². The number of halogens is 1. The standard InChI is InChI=1S/C13H9ClN2O/c14-10-4-5-16-11-7-12(17-13(10)11)8-2-1-3-9(15)6-8/h1-7H,15H2. The average molecular weight is 245 g/mol. The number of hydrogen-bond acceptors (Lipinski definition) is 3. The number of pyridine rings is 1. The molecule has 3 aromatic rings. The third-order valence-corrected chi connectivity index (χ3v) is 2.83. The van der Waals surface area contributed by atoms with Gasteiger partial charge in [-0.1, -0.05) is 23.7 Å². The summed E-state index contributed by atoms with van der Waals surface area (Å²) < 4.78 is 5.69. The first kappa shape index (κ1) is 10.2. The molecule has 0 saturated carbocycles. The van der Waals surface area contributed by atoms with Gasteiger partial charge >= 0.3 is 0 Å².